The van der Waals surface area contributed by atoms with Crippen LogP contribution in [0.15, 0.2) is 6.20 Å². The Hall–Kier alpha value is -1.40. The number of hydrogen-bond acceptors (Lipinski definition) is 6. The lowest BCUT2D eigenvalue weighted by atomic mass is 9.83. The van der Waals surface area contributed by atoms with Gasteiger partial charge in [-0.2, -0.15) is 4.98 Å². The second-order valence-corrected chi connectivity index (χ2v) is 5.88. The molecule has 0 saturated heterocycles. The topological polar surface area (TPSA) is 84.3 Å². The molecule has 0 radical (unpaired) electrons. The van der Waals surface area contributed by atoms with Crippen molar-refractivity contribution in [3.05, 3.63) is 17.0 Å². The van der Waals surface area contributed by atoms with E-state index in [0.29, 0.717) is 18.7 Å². The first-order valence-electron chi connectivity index (χ1n) is 7.10. The maximum atomic E-state index is 11.9. The van der Waals surface area contributed by atoms with Crippen LogP contribution in [-0.2, 0) is 4.74 Å². The molecule has 6 nitrogen and oxygen atoms in total. The van der Waals surface area contributed by atoms with Crippen LogP contribution in [0.1, 0.15) is 49.9 Å². The highest BCUT2D eigenvalue weighted by molar-refractivity contribution is 6.28. The molecule has 1 aliphatic carbocycles. The van der Waals surface area contributed by atoms with Crippen molar-refractivity contribution in [2.45, 2.75) is 51.2 Å². The lowest BCUT2D eigenvalue weighted by molar-refractivity contribution is 0.0195. The molecule has 21 heavy (non-hydrogen) atoms. The molecule has 2 N–H and O–H groups in total. The molecule has 1 heterocycles. The van der Waals surface area contributed by atoms with Gasteiger partial charge in [0.15, 0.2) is 0 Å². The van der Waals surface area contributed by atoms with E-state index in [1.54, 1.807) is 6.92 Å². The Kier molecular flexibility index (Phi) is 5.00. The third-order valence-corrected chi connectivity index (χ3v) is 3.84. The van der Waals surface area contributed by atoms with Crippen LogP contribution in [0.25, 0.3) is 0 Å². The number of nitrogens with zero attached hydrogens (tertiary/aromatic N) is 2. The van der Waals surface area contributed by atoms with Gasteiger partial charge in [0, 0.05) is 12.2 Å². The van der Waals surface area contributed by atoms with Gasteiger partial charge >= 0.3 is 5.97 Å². The molecule has 0 aromatic carbocycles. The van der Waals surface area contributed by atoms with E-state index < -0.39 is 11.6 Å². The lowest BCUT2D eigenvalue weighted by Crippen LogP contribution is -2.36. The highest BCUT2D eigenvalue weighted by atomic mass is 35.5. The molecule has 1 aromatic rings. The zero-order valence-electron chi connectivity index (χ0n) is 12.2. The molecule has 7 heteroatoms. The van der Waals surface area contributed by atoms with Crippen molar-refractivity contribution >= 4 is 23.4 Å². The number of carbonyl (C=O) groups excluding carboxylic acids is 1. The molecule has 0 atom stereocenters. The molecule has 1 saturated carbocycles. The summed E-state index contributed by atoms with van der Waals surface area (Å²) < 4.78 is 4.99. The average Bonchev–Trinajstić information content (AvgIpc) is 2.41. The third kappa shape index (κ3) is 4.28. The van der Waals surface area contributed by atoms with Gasteiger partial charge in [-0.3, -0.25) is 0 Å². The van der Waals surface area contributed by atoms with E-state index in [4.69, 9.17) is 16.3 Å². The second-order valence-electron chi connectivity index (χ2n) is 5.54. The summed E-state index contributed by atoms with van der Waals surface area (Å²) in [5.74, 6) is -0.0838. The van der Waals surface area contributed by atoms with E-state index in [1.807, 2.05) is 6.92 Å². The Balaban J connectivity index is 2.12. The number of nitrogens with one attached hydrogen (secondary N) is 1. The minimum Gasteiger partial charge on any atom is -0.462 e. The van der Waals surface area contributed by atoms with E-state index in [1.165, 1.54) is 6.20 Å². The Morgan fingerprint density at radius 1 is 1.57 bits per heavy atom. The summed E-state index contributed by atoms with van der Waals surface area (Å²) in [6.45, 7) is 3.87. The van der Waals surface area contributed by atoms with Crippen molar-refractivity contribution < 1.29 is 14.6 Å². The summed E-state index contributed by atoms with van der Waals surface area (Å²) in [5, 5.41) is 13.3. The van der Waals surface area contributed by atoms with Gasteiger partial charge in [-0.05, 0) is 51.1 Å². The standard InChI is InChI=1S/C14H20ClN3O3/c1-3-21-12(19)10-8-16-13(15)18-11(10)17-9-4-6-14(2,20)7-5-9/h8-9,20H,3-7H2,1-2H3,(H,16,17,18). The first-order chi connectivity index (χ1) is 9.91. The van der Waals surface area contributed by atoms with Gasteiger partial charge in [0.25, 0.3) is 0 Å². The summed E-state index contributed by atoms with van der Waals surface area (Å²) in [4.78, 5) is 19.8. The van der Waals surface area contributed by atoms with E-state index in [2.05, 4.69) is 15.3 Å². The molecular formula is C14H20ClN3O3. The summed E-state index contributed by atoms with van der Waals surface area (Å²) in [6, 6.07) is 0.143. The first-order valence-corrected chi connectivity index (χ1v) is 7.47. The molecule has 1 fully saturated rings. The van der Waals surface area contributed by atoms with Gasteiger partial charge in [-0.1, -0.05) is 0 Å². The molecule has 0 unspecified atom stereocenters. The number of ether oxygens (including phenoxy) is 1. The van der Waals surface area contributed by atoms with Crippen LogP contribution in [-0.4, -0.2) is 39.3 Å². The highest BCUT2D eigenvalue weighted by Crippen LogP contribution is 2.30. The number of rotatable bonds is 4. The quantitative estimate of drug-likeness (QED) is 0.656. The van der Waals surface area contributed by atoms with Gasteiger partial charge in [-0.15, -0.1) is 0 Å². The minimum atomic E-state index is -0.606. The molecule has 116 valence electrons. The largest absolute Gasteiger partial charge is 0.462 e. The van der Waals surface area contributed by atoms with Crippen LogP contribution in [0.5, 0.6) is 0 Å². The molecule has 0 aliphatic heterocycles. The molecule has 1 aromatic heterocycles. The summed E-state index contributed by atoms with van der Waals surface area (Å²) in [5.41, 5.74) is -0.329. The zero-order valence-corrected chi connectivity index (χ0v) is 13.0. The molecule has 2 rings (SSSR count). The van der Waals surface area contributed by atoms with Crippen LogP contribution in [0.4, 0.5) is 5.82 Å². The Labute approximate surface area is 128 Å². The summed E-state index contributed by atoms with van der Waals surface area (Å²) >= 11 is 5.81. The predicted octanol–water partition coefficient (Wildman–Crippen LogP) is 2.41. The van der Waals surface area contributed by atoms with Crippen LogP contribution >= 0.6 is 11.6 Å². The van der Waals surface area contributed by atoms with E-state index in [-0.39, 0.29) is 23.5 Å². The molecular weight excluding hydrogens is 294 g/mol. The van der Waals surface area contributed by atoms with Crippen molar-refractivity contribution in [2.75, 3.05) is 11.9 Å². The fourth-order valence-electron chi connectivity index (χ4n) is 2.41. The summed E-state index contributed by atoms with van der Waals surface area (Å²) in [7, 11) is 0. The number of esters is 1. The van der Waals surface area contributed by atoms with Crippen LogP contribution < -0.4 is 5.32 Å². The fraction of sp³-hybridized carbons (Fsp3) is 0.643. The first kappa shape index (κ1) is 16.0. The molecule has 1 aliphatic rings. The summed E-state index contributed by atoms with van der Waals surface area (Å²) in [6.07, 6.45) is 4.39. The number of carbonyl (C=O) groups is 1. The fourth-order valence-corrected chi connectivity index (χ4v) is 2.54. The highest BCUT2D eigenvalue weighted by Gasteiger charge is 2.29. The molecule has 0 spiro atoms. The zero-order chi connectivity index (χ0) is 15.5. The number of hydrogen-bond donors (Lipinski definition) is 2. The smallest absolute Gasteiger partial charge is 0.343 e. The van der Waals surface area contributed by atoms with Crippen LogP contribution in [0.3, 0.4) is 0 Å². The van der Waals surface area contributed by atoms with Gasteiger partial charge in [-0.25, -0.2) is 9.78 Å². The van der Waals surface area contributed by atoms with Crippen molar-refractivity contribution in [1.82, 2.24) is 9.97 Å². The van der Waals surface area contributed by atoms with Crippen molar-refractivity contribution in [2.24, 2.45) is 0 Å². The third-order valence-electron chi connectivity index (χ3n) is 3.66. The van der Waals surface area contributed by atoms with E-state index in [0.717, 1.165) is 12.8 Å². The van der Waals surface area contributed by atoms with Gasteiger partial charge in [0.2, 0.25) is 5.28 Å². The second kappa shape index (κ2) is 6.58. The van der Waals surface area contributed by atoms with Crippen molar-refractivity contribution in [3.63, 3.8) is 0 Å². The lowest BCUT2D eigenvalue weighted by Gasteiger charge is -2.33. The minimum absolute atomic E-state index is 0.0772. The Morgan fingerprint density at radius 2 is 2.24 bits per heavy atom. The molecule has 0 amide bonds. The van der Waals surface area contributed by atoms with E-state index in [9.17, 15) is 9.90 Å². The van der Waals surface area contributed by atoms with Crippen molar-refractivity contribution in [1.29, 1.82) is 0 Å². The number of halogens is 1. The SMILES string of the molecule is CCOC(=O)c1cnc(Cl)nc1NC1CCC(C)(O)CC1. The number of aromatic nitrogens is 2. The van der Waals surface area contributed by atoms with E-state index >= 15 is 0 Å². The average molecular weight is 314 g/mol. The Morgan fingerprint density at radius 3 is 2.86 bits per heavy atom. The maximum absolute atomic E-state index is 11.9. The van der Waals surface area contributed by atoms with Crippen LogP contribution in [0.2, 0.25) is 5.28 Å². The van der Waals surface area contributed by atoms with Gasteiger partial charge in [0.05, 0.1) is 12.2 Å². The number of aliphatic hydroxyl groups is 1. The monoisotopic (exact) mass is 313 g/mol. The van der Waals surface area contributed by atoms with Crippen LogP contribution in [0, 0.1) is 0 Å². The van der Waals surface area contributed by atoms with Crippen molar-refractivity contribution in [3.8, 4) is 0 Å². The Bertz CT molecular complexity index is 512. The maximum Gasteiger partial charge on any atom is 0.343 e. The predicted molar refractivity (Wildman–Crippen MR) is 79.5 cm³/mol. The van der Waals surface area contributed by atoms with Gasteiger partial charge < -0.3 is 15.2 Å². The molecule has 0 bridgehead atoms. The normalized spacial score (nSPS) is 25.4. The number of anilines is 1. The van der Waals surface area contributed by atoms with Gasteiger partial charge in [0.1, 0.15) is 11.4 Å².